The lowest BCUT2D eigenvalue weighted by atomic mass is 10.0. The van der Waals surface area contributed by atoms with Gasteiger partial charge in [0.2, 0.25) is 6.19 Å². The van der Waals surface area contributed by atoms with Gasteiger partial charge in [-0.3, -0.25) is 0 Å². The molecule has 0 unspecified atom stereocenters. The summed E-state index contributed by atoms with van der Waals surface area (Å²) in [5.74, 6) is -0.0353. The van der Waals surface area contributed by atoms with E-state index < -0.39 is 17.7 Å². The van der Waals surface area contributed by atoms with Crippen molar-refractivity contribution in [1.29, 1.82) is 5.26 Å². The smallest absolute Gasteiger partial charge is 0.416 e. The molecule has 0 bridgehead atoms. The number of nitrogens with zero attached hydrogens (tertiary/aromatic N) is 3. The minimum atomic E-state index is -4.51. The number of methoxy groups -OCH3 is 1. The van der Waals surface area contributed by atoms with Crippen LogP contribution >= 0.6 is 11.8 Å². The fourth-order valence-corrected chi connectivity index (χ4v) is 3.08. The molecule has 1 aromatic carbocycles. The molecule has 9 heteroatoms. The number of hydrogen-bond donors (Lipinski definition) is 0. The molecular formula is C14H12F3N3O2S. The van der Waals surface area contributed by atoms with Gasteiger partial charge in [0, 0.05) is 18.8 Å². The van der Waals surface area contributed by atoms with Gasteiger partial charge in [0.15, 0.2) is 5.17 Å². The molecule has 1 aromatic rings. The fourth-order valence-electron chi connectivity index (χ4n) is 2.14. The Morgan fingerprint density at radius 2 is 2.26 bits per heavy atom. The van der Waals surface area contributed by atoms with E-state index in [2.05, 4.69) is 9.73 Å². The summed E-state index contributed by atoms with van der Waals surface area (Å²) in [6, 6.07) is 2.88. The van der Waals surface area contributed by atoms with Gasteiger partial charge in [0.25, 0.3) is 0 Å². The standard InChI is InChI=1S/C14H12F3N3O2S/c1-22-12(21)11-3-2-10(14(15,16)17)6-9(11)7-20-4-5-23-13(20)19-8-18/h2-3,6H,4-5,7H2,1H3. The molecule has 0 aromatic heterocycles. The third-order valence-corrected chi connectivity index (χ3v) is 4.20. The summed E-state index contributed by atoms with van der Waals surface area (Å²) in [6.45, 7) is 0.573. The van der Waals surface area contributed by atoms with E-state index in [-0.39, 0.29) is 17.7 Å². The van der Waals surface area contributed by atoms with E-state index in [0.717, 1.165) is 25.3 Å². The predicted molar refractivity (Wildman–Crippen MR) is 78.7 cm³/mol. The number of esters is 1. The highest BCUT2D eigenvalue weighted by Gasteiger charge is 2.32. The van der Waals surface area contributed by atoms with Crippen molar-refractivity contribution in [2.75, 3.05) is 19.4 Å². The Morgan fingerprint density at radius 1 is 1.52 bits per heavy atom. The summed E-state index contributed by atoms with van der Waals surface area (Å²) in [5, 5.41) is 9.07. The second-order valence-corrected chi connectivity index (χ2v) is 5.69. The maximum absolute atomic E-state index is 12.9. The SMILES string of the molecule is COC(=O)c1ccc(C(F)(F)F)cc1CN1CCSC1=NC#N. The van der Waals surface area contributed by atoms with Gasteiger partial charge >= 0.3 is 12.1 Å². The van der Waals surface area contributed by atoms with Crippen molar-refractivity contribution in [3.8, 4) is 6.19 Å². The number of ether oxygens (including phenoxy) is 1. The highest BCUT2D eigenvalue weighted by atomic mass is 32.2. The molecule has 1 fully saturated rings. The van der Waals surface area contributed by atoms with Gasteiger partial charge in [-0.1, -0.05) is 11.8 Å². The first kappa shape index (κ1) is 17.1. The number of hydrogen-bond acceptors (Lipinski definition) is 5. The van der Waals surface area contributed by atoms with Crippen LogP contribution in [0.25, 0.3) is 0 Å². The van der Waals surface area contributed by atoms with Crippen LogP contribution in [0.1, 0.15) is 21.5 Å². The highest BCUT2D eigenvalue weighted by Crippen LogP contribution is 2.32. The average molecular weight is 343 g/mol. The average Bonchev–Trinajstić information content (AvgIpc) is 2.93. The molecule has 122 valence electrons. The second-order valence-electron chi connectivity index (χ2n) is 4.63. The molecule has 0 amide bonds. The van der Waals surface area contributed by atoms with Crippen LogP contribution in [0.15, 0.2) is 23.2 Å². The summed E-state index contributed by atoms with van der Waals surface area (Å²) in [5.41, 5.74) is -0.598. The first-order valence-corrected chi connectivity index (χ1v) is 7.48. The van der Waals surface area contributed by atoms with Crippen molar-refractivity contribution < 1.29 is 22.7 Å². The molecule has 2 rings (SSSR count). The van der Waals surface area contributed by atoms with Gasteiger partial charge in [-0.05, 0) is 23.8 Å². The van der Waals surface area contributed by atoms with Crippen LogP contribution in [0.5, 0.6) is 0 Å². The monoisotopic (exact) mass is 343 g/mol. The third-order valence-electron chi connectivity index (χ3n) is 3.21. The van der Waals surface area contributed by atoms with Gasteiger partial charge in [-0.15, -0.1) is 4.99 Å². The molecule has 0 aliphatic carbocycles. The number of benzene rings is 1. The molecule has 0 saturated carbocycles. The van der Waals surface area contributed by atoms with Crippen molar-refractivity contribution in [2.24, 2.45) is 4.99 Å². The quantitative estimate of drug-likeness (QED) is 0.624. The maximum Gasteiger partial charge on any atom is 0.416 e. The predicted octanol–water partition coefficient (Wildman–Crippen LogP) is 2.88. The normalized spacial score (nSPS) is 16.5. The molecule has 1 saturated heterocycles. The fraction of sp³-hybridized carbons (Fsp3) is 0.357. The van der Waals surface area contributed by atoms with E-state index >= 15 is 0 Å². The number of carbonyl (C=O) groups is 1. The van der Waals surface area contributed by atoms with Crippen LogP contribution in [0.2, 0.25) is 0 Å². The molecule has 5 nitrogen and oxygen atoms in total. The number of nitriles is 1. The number of carbonyl (C=O) groups excluding carboxylic acids is 1. The Bertz CT molecular complexity index is 683. The largest absolute Gasteiger partial charge is 0.465 e. The lowest BCUT2D eigenvalue weighted by Gasteiger charge is -2.20. The molecule has 0 N–H and O–H groups in total. The van der Waals surface area contributed by atoms with E-state index in [1.54, 1.807) is 11.1 Å². The van der Waals surface area contributed by atoms with Crippen LogP contribution in [0, 0.1) is 11.5 Å². The number of alkyl halides is 3. The summed E-state index contributed by atoms with van der Waals surface area (Å²) >= 11 is 1.34. The van der Waals surface area contributed by atoms with Gasteiger partial charge < -0.3 is 9.64 Å². The van der Waals surface area contributed by atoms with E-state index in [9.17, 15) is 18.0 Å². The molecule has 23 heavy (non-hydrogen) atoms. The van der Waals surface area contributed by atoms with Gasteiger partial charge in [0.05, 0.1) is 18.2 Å². The van der Waals surface area contributed by atoms with Crippen molar-refractivity contribution in [1.82, 2.24) is 4.90 Å². The Balaban J connectivity index is 2.40. The molecule has 0 radical (unpaired) electrons. The zero-order chi connectivity index (χ0) is 17.0. The Morgan fingerprint density at radius 3 is 2.87 bits per heavy atom. The number of aliphatic imine (C=N–C) groups is 1. The van der Waals surface area contributed by atoms with E-state index in [1.165, 1.54) is 11.8 Å². The summed E-state index contributed by atoms with van der Waals surface area (Å²) < 4.78 is 43.3. The zero-order valence-corrected chi connectivity index (χ0v) is 12.9. The lowest BCUT2D eigenvalue weighted by Crippen LogP contribution is -2.25. The molecule has 1 aliphatic rings. The topological polar surface area (TPSA) is 65.7 Å². The van der Waals surface area contributed by atoms with Crippen LogP contribution in [-0.4, -0.2) is 35.4 Å². The van der Waals surface area contributed by atoms with Crippen LogP contribution in [0.4, 0.5) is 13.2 Å². The summed E-state index contributed by atoms with van der Waals surface area (Å²) in [4.78, 5) is 17.1. The minimum absolute atomic E-state index is 0.0435. The van der Waals surface area contributed by atoms with Crippen molar-refractivity contribution in [3.63, 3.8) is 0 Å². The van der Waals surface area contributed by atoms with Crippen molar-refractivity contribution in [2.45, 2.75) is 12.7 Å². The lowest BCUT2D eigenvalue weighted by molar-refractivity contribution is -0.137. The second kappa shape index (κ2) is 6.91. The van der Waals surface area contributed by atoms with E-state index in [1.807, 2.05) is 0 Å². The van der Waals surface area contributed by atoms with Crippen LogP contribution < -0.4 is 0 Å². The zero-order valence-electron chi connectivity index (χ0n) is 12.1. The molecule has 1 aliphatic heterocycles. The van der Waals surface area contributed by atoms with Crippen molar-refractivity contribution in [3.05, 3.63) is 34.9 Å². The Hall–Kier alpha value is -2.21. The summed E-state index contributed by atoms with van der Waals surface area (Å²) in [7, 11) is 1.16. The Kier molecular flexibility index (Phi) is 5.15. The molecular weight excluding hydrogens is 331 g/mol. The molecule has 1 heterocycles. The first-order chi connectivity index (χ1) is 10.9. The van der Waals surface area contributed by atoms with Crippen LogP contribution in [0.3, 0.4) is 0 Å². The number of halogens is 3. The van der Waals surface area contributed by atoms with Crippen LogP contribution in [-0.2, 0) is 17.5 Å². The minimum Gasteiger partial charge on any atom is -0.465 e. The number of thioether (sulfide) groups is 1. The number of rotatable bonds is 3. The first-order valence-electron chi connectivity index (χ1n) is 6.49. The molecule has 0 atom stereocenters. The maximum atomic E-state index is 12.9. The van der Waals surface area contributed by atoms with E-state index in [4.69, 9.17) is 5.26 Å². The highest BCUT2D eigenvalue weighted by molar-refractivity contribution is 8.14. The number of amidine groups is 1. The van der Waals surface area contributed by atoms with Gasteiger partial charge in [0.1, 0.15) is 0 Å². The summed E-state index contributed by atoms with van der Waals surface area (Å²) in [6.07, 6.45) is -2.84. The van der Waals surface area contributed by atoms with Crippen molar-refractivity contribution >= 4 is 22.9 Å². The van der Waals surface area contributed by atoms with Gasteiger partial charge in [-0.25, -0.2) is 4.79 Å². The molecule has 0 spiro atoms. The Labute approximate surface area is 134 Å². The van der Waals surface area contributed by atoms with Gasteiger partial charge in [-0.2, -0.15) is 18.4 Å². The van der Waals surface area contributed by atoms with E-state index in [0.29, 0.717) is 17.5 Å². The third kappa shape index (κ3) is 3.96.